The minimum atomic E-state index is -0.500. The Bertz CT molecular complexity index is 85.7. The third-order valence-corrected chi connectivity index (χ3v) is 0. The minimum absolute atomic E-state index is 0. The van der Waals surface area contributed by atoms with E-state index in [1.165, 1.54) is 0 Å². The molecule has 0 saturated carbocycles. The van der Waals surface area contributed by atoms with Gasteiger partial charge in [0.05, 0.1) is 0 Å². The summed E-state index contributed by atoms with van der Waals surface area (Å²) in [5.74, 6) is 0. The maximum Gasteiger partial charge on any atom is 0.251 e. The Morgan fingerprint density at radius 2 is 0.714 bits per heavy atom. The van der Waals surface area contributed by atoms with Crippen LogP contribution in [0.15, 0.2) is 0 Å². The van der Waals surface area contributed by atoms with E-state index in [9.17, 15) is 0 Å². The number of aliphatic hydroxyl groups is 2. The Hall–Kier alpha value is -0.101. The van der Waals surface area contributed by atoms with E-state index >= 15 is 0 Å². The number of thiocarbonyl (C=S) groups is 2. The van der Waals surface area contributed by atoms with Crippen LogP contribution in [-0.2, 0) is 17.1 Å². The fourth-order valence-corrected chi connectivity index (χ4v) is 0. The summed E-state index contributed by atoms with van der Waals surface area (Å²) in [7, 11) is 0. The van der Waals surface area contributed by atoms with Gasteiger partial charge in [0.1, 0.15) is 0 Å². The van der Waals surface area contributed by atoms with Crippen molar-refractivity contribution in [2.45, 2.75) is 37.1 Å². The molecule has 0 aliphatic heterocycles. The van der Waals surface area contributed by atoms with E-state index in [-0.39, 0.29) is 54.2 Å². The van der Waals surface area contributed by atoms with Crippen LogP contribution >= 0.6 is 24.4 Å². The van der Waals surface area contributed by atoms with Crippen molar-refractivity contribution >= 4 is 34.8 Å². The molecular weight excluding hydrogens is 264 g/mol. The Kier molecular flexibility index (Phi) is 249. The summed E-state index contributed by atoms with van der Waals surface area (Å²) in [4.78, 5) is 0. The van der Waals surface area contributed by atoms with Gasteiger partial charge in [-0.3, -0.25) is 0 Å². The van der Waals surface area contributed by atoms with Crippen molar-refractivity contribution in [2.75, 3.05) is 0 Å². The first kappa shape index (κ1) is 66.5. The van der Waals surface area contributed by atoms with Gasteiger partial charge in [0.15, 0.2) is 0 Å². The van der Waals surface area contributed by atoms with Gasteiger partial charge in [-0.15, -0.1) is 0 Å². The second-order valence-corrected chi connectivity index (χ2v) is 1.51. The van der Waals surface area contributed by atoms with Gasteiger partial charge in [0.2, 0.25) is 0 Å². The second-order valence-electron chi connectivity index (χ2n) is 0.676. The largest absolute Gasteiger partial charge is 0.487 e. The first-order valence-electron chi connectivity index (χ1n) is 1.43. The Balaban J connectivity index is -0.00000000600. The fourth-order valence-electron chi connectivity index (χ4n) is 0. The third-order valence-electron chi connectivity index (χ3n) is 0. The summed E-state index contributed by atoms with van der Waals surface area (Å²) in [6.45, 7) is 0. The zero-order valence-corrected chi connectivity index (χ0v) is 6.96. The van der Waals surface area contributed by atoms with Crippen LogP contribution in [0, 0.1) is 0 Å². The summed E-state index contributed by atoms with van der Waals surface area (Å²) in [6, 6.07) is 0. The molecule has 0 heterocycles. The van der Waals surface area contributed by atoms with Crippen molar-refractivity contribution in [2.24, 2.45) is 11.5 Å². The van der Waals surface area contributed by atoms with E-state index in [1.807, 2.05) is 0 Å². The molecule has 7 heteroatoms. The first-order chi connectivity index (χ1) is 3.46. The molecule has 0 aromatic heterocycles. The quantitative estimate of drug-likeness (QED) is 0.405. The monoisotopic (exact) mass is 290 g/mol. The Labute approximate surface area is 111 Å². The molecule has 0 saturated heterocycles. The van der Waals surface area contributed by atoms with Gasteiger partial charge in [0, 0.05) is 17.1 Å². The normalized spacial score (nSPS) is 3.43. The van der Waals surface area contributed by atoms with Gasteiger partial charge in [0.25, 0.3) is 10.3 Å². The van der Waals surface area contributed by atoms with Crippen molar-refractivity contribution < 1.29 is 27.3 Å². The number of hydrogen-bond donors (Lipinski definition) is 4. The van der Waals surface area contributed by atoms with Gasteiger partial charge in [-0.2, -0.15) is 0 Å². The van der Waals surface area contributed by atoms with Crippen LogP contribution in [-0.4, -0.2) is 20.6 Å². The molecule has 0 aliphatic carbocycles. The molecule has 0 unspecified atom stereocenters. The number of hydrogen-bond acceptors (Lipinski definition) is 2. The predicted molar refractivity (Wildman–Crippen MR) is 72.5 cm³/mol. The summed E-state index contributed by atoms with van der Waals surface area (Å²) in [5.41, 5.74) is 8.80. The maximum absolute atomic E-state index is 7.56. The van der Waals surface area contributed by atoms with Gasteiger partial charge in [-0.25, -0.2) is 0 Å². The summed E-state index contributed by atoms with van der Waals surface area (Å²) >= 11 is 7.74. The van der Waals surface area contributed by atoms with E-state index < -0.39 is 10.3 Å². The first-order valence-corrected chi connectivity index (χ1v) is 2.25. The molecule has 4 nitrogen and oxygen atoms in total. The van der Waals surface area contributed by atoms with Crippen LogP contribution < -0.4 is 11.5 Å². The van der Waals surface area contributed by atoms with Crippen molar-refractivity contribution in [1.29, 1.82) is 0 Å². The van der Waals surface area contributed by atoms with E-state index in [0.29, 0.717) is 0 Å². The van der Waals surface area contributed by atoms with Gasteiger partial charge in [-0.1, -0.05) is 37.1 Å². The summed E-state index contributed by atoms with van der Waals surface area (Å²) in [5, 5.41) is 14.1. The minimum Gasteiger partial charge on any atom is -0.487 e. The van der Waals surface area contributed by atoms with E-state index in [4.69, 9.17) is 10.2 Å². The zero-order chi connectivity index (χ0) is 7.15. The summed E-state index contributed by atoms with van der Waals surface area (Å²) < 4.78 is 0. The van der Waals surface area contributed by atoms with Crippen molar-refractivity contribution in [1.82, 2.24) is 0 Å². The standard InChI is InChI=1S/2CH3NOS.5CH4.Fe/c2*2-1(3)4;;;;;;/h2*(H3,2,3,4);5*1H4;. The Morgan fingerprint density at radius 3 is 0.714 bits per heavy atom. The molecule has 96 valence electrons. The van der Waals surface area contributed by atoms with Crippen LogP contribution in [0.25, 0.3) is 0 Å². The molecule has 0 bridgehead atoms. The predicted octanol–water partition coefficient (Wildman–Crippen LogP) is 2.75. The molecule has 0 aliphatic rings. The average Bonchev–Trinajstić information content (AvgIpc) is 1.25. The molecule has 14 heavy (non-hydrogen) atoms. The van der Waals surface area contributed by atoms with Crippen LogP contribution in [0.5, 0.6) is 0 Å². The van der Waals surface area contributed by atoms with Crippen molar-refractivity contribution in [3.05, 3.63) is 0 Å². The molecule has 0 rings (SSSR count). The summed E-state index contributed by atoms with van der Waals surface area (Å²) in [6.07, 6.45) is 0. The molecule has 0 amide bonds. The molecule has 0 atom stereocenters. The van der Waals surface area contributed by atoms with Crippen LogP contribution in [0.4, 0.5) is 0 Å². The van der Waals surface area contributed by atoms with Crippen molar-refractivity contribution in [3.63, 3.8) is 0 Å². The van der Waals surface area contributed by atoms with E-state index in [2.05, 4.69) is 35.9 Å². The van der Waals surface area contributed by atoms with Crippen LogP contribution in [0.1, 0.15) is 37.1 Å². The van der Waals surface area contributed by atoms with Gasteiger partial charge in [-0.05, 0) is 24.4 Å². The second kappa shape index (κ2) is 52.5. The number of rotatable bonds is 0. The molecule has 0 aromatic rings. The molecular formula is C7H26FeN2O2S2. The van der Waals surface area contributed by atoms with Crippen molar-refractivity contribution in [3.8, 4) is 0 Å². The molecule has 0 radical (unpaired) electrons. The van der Waals surface area contributed by atoms with Gasteiger partial charge < -0.3 is 21.7 Å². The third kappa shape index (κ3) is 140000. The smallest absolute Gasteiger partial charge is 0.251 e. The Morgan fingerprint density at radius 1 is 0.714 bits per heavy atom. The molecule has 6 N–H and O–H groups in total. The molecule has 0 aromatic carbocycles. The molecule has 0 spiro atoms. The zero-order valence-electron chi connectivity index (χ0n) is 4.22. The van der Waals surface area contributed by atoms with E-state index in [0.717, 1.165) is 0 Å². The fraction of sp³-hybridized carbons (Fsp3) is 0.714. The maximum atomic E-state index is 7.56. The topological polar surface area (TPSA) is 92.5 Å². The average molecular weight is 290 g/mol. The number of aliphatic hydroxyl groups excluding tert-OH is 2. The number of nitrogens with two attached hydrogens (primary N) is 2. The SMILES string of the molecule is C.C.C.C.C.NC(O)=S.NC(O)=S.[Fe]. The van der Waals surface area contributed by atoms with Gasteiger partial charge >= 0.3 is 0 Å². The van der Waals surface area contributed by atoms with Crippen LogP contribution in [0.3, 0.4) is 0 Å². The van der Waals surface area contributed by atoms with Crippen LogP contribution in [0.2, 0.25) is 0 Å². The molecule has 0 fully saturated rings. The van der Waals surface area contributed by atoms with E-state index in [1.54, 1.807) is 0 Å².